The molecule has 6 nitrogen and oxygen atoms in total. The molecule has 7 heteroatoms. The fraction of sp³-hybridized carbons (Fsp3) is 0.211. The Morgan fingerprint density at radius 1 is 1.23 bits per heavy atom. The van der Waals surface area contributed by atoms with Crippen LogP contribution in [-0.2, 0) is 11.3 Å². The first-order valence-corrected chi connectivity index (χ1v) is 8.52. The summed E-state index contributed by atoms with van der Waals surface area (Å²) in [5.41, 5.74) is 2.15. The second kappa shape index (κ2) is 7.58. The van der Waals surface area contributed by atoms with Crippen molar-refractivity contribution in [2.75, 3.05) is 6.61 Å². The zero-order valence-corrected chi connectivity index (χ0v) is 15.2. The number of carbonyl (C=O) groups excluding carboxylic acids is 1. The van der Waals surface area contributed by atoms with Gasteiger partial charge in [0.2, 0.25) is 5.88 Å². The van der Waals surface area contributed by atoms with Crippen molar-refractivity contribution < 1.29 is 14.6 Å². The maximum atomic E-state index is 11.9. The molecular formula is C19H18ClN3O3. The van der Waals surface area contributed by atoms with E-state index in [4.69, 9.17) is 16.3 Å². The van der Waals surface area contributed by atoms with E-state index in [0.29, 0.717) is 17.3 Å². The van der Waals surface area contributed by atoms with Gasteiger partial charge < -0.3 is 14.4 Å². The van der Waals surface area contributed by atoms with E-state index in [0.717, 1.165) is 16.5 Å². The highest BCUT2D eigenvalue weighted by atomic mass is 35.5. The average molecular weight is 372 g/mol. The van der Waals surface area contributed by atoms with Gasteiger partial charge in [-0.1, -0.05) is 23.2 Å². The largest absolute Gasteiger partial charge is 0.493 e. The van der Waals surface area contributed by atoms with Gasteiger partial charge in [-0.3, -0.25) is 4.79 Å². The van der Waals surface area contributed by atoms with E-state index < -0.39 is 5.91 Å². The number of ether oxygens (including phenoxy) is 1. The number of halogens is 1. The molecule has 0 saturated carbocycles. The summed E-state index contributed by atoms with van der Waals surface area (Å²) in [6.45, 7) is 4.20. The number of rotatable bonds is 5. The topological polar surface area (TPSA) is 76.2 Å². The number of aryl methyl sites for hydroxylation is 2. The molecule has 26 heavy (non-hydrogen) atoms. The minimum absolute atomic E-state index is 0.0109. The standard InChI is InChI=1S/C19H18ClN3O3/c1-3-23-16-9-4-12(2)10-15(16)18(19(23)25)22-21-17(24)11-26-14-7-5-13(20)6-8-14/h4-10,25H,3,11H2,1-2H3. The van der Waals surface area contributed by atoms with Crippen molar-refractivity contribution in [2.24, 2.45) is 10.2 Å². The van der Waals surface area contributed by atoms with Gasteiger partial charge in [0.05, 0.1) is 5.52 Å². The van der Waals surface area contributed by atoms with Gasteiger partial charge in [0.1, 0.15) is 5.75 Å². The number of aromatic hydroxyl groups is 1. The predicted octanol–water partition coefficient (Wildman–Crippen LogP) is 5.02. The normalized spacial score (nSPS) is 11.3. The van der Waals surface area contributed by atoms with Gasteiger partial charge in [0.15, 0.2) is 12.3 Å². The number of benzene rings is 2. The van der Waals surface area contributed by atoms with Gasteiger partial charge in [-0.2, -0.15) is 0 Å². The van der Waals surface area contributed by atoms with E-state index in [9.17, 15) is 9.90 Å². The van der Waals surface area contributed by atoms with Crippen LogP contribution in [0.4, 0.5) is 5.69 Å². The van der Waals surface area contributed by atoms with Gasteiger partial charge >= 0.3 is 5.91 Å². The minimum atomic E-state index is -0.551. The van der Waals surface area contributed by atoms with E-state index in [2.05, 4.69) is 10.2 Å². The summed E-state index contributed by atoms with van der Waals surface area (Å²) in [6, 6.07) is 12.4. The maximum Gasteiger partial charge on any atom is 0.302 e. The molecule has 0 radical (unpaired) electrons. The Morgan fingerprint density at radius 3 is 2.65 bits per heavy atom. The minimum Gasteiger partial charge on any atom is -0.493 e. The third-order valence-corrected chi connectivity index (χ3v) is 4.17. The van der Waals surface area contributed by atoms with Crippen molar-refractivity contribution in [1.82, 2.24) is 4.57 Å². The van der Waals surface area contributed by atoms with Crippen LogP contribution in [0.2, 0.25) is 5.02 Å². The van der Waals surface area contributed by atoms with Crippen LogP contribution in [0.25, 0.3) is 10.9 Å². The second-order valence-corrected chi connectivity index (χ2v) is 6.21. The van der Waals surface area contributed by atoms with Gasteiger partial charge in [-0.15, -0.1) is 10.2 Å². The first kappa shape index (κ1) is 17.9. The predicted molar refractivity (Wildman–Crippen MR) is 100 cm³/mol. The summed E-state index contributed by atoms with van der Waals surface area (Å²) in [4.78, 5) is 11.9. The summed E-state index contributed by atoms with van der Waals surface area (Å²) < 4.78 is 7.06. The molecule has 1 heterocycles. The van der Waals surface area contributed by atoms with E-state index in [-0.39, 0.29) is 18.2 Å². The molecule has 3 aromatic rings. The van der Waals surface area contributed by atoms with E-state index >= 15 is 0 Å². The Morgan fingerprint density at radius 2 is 1.96 bits per heavy atom. The van der Waals surface area contributed by atoms with Crippen LogP contribution in [0.3, 0.4) is 0 Å². The molecule has 0 fully saturated rings. The molecule has 1 aromatic heterocycles. The van der Waals surface area contributed by atoms with Crippen LogP contribution < -0.4 is 4.74 Å². The Labute approximate surface area is 155 Å². The Balaban J connectivity index is 1.79. The van der Waals surface area contributed by atoms with Crippen molar-refractivity contribution in [3.8, 4) is 11.6 Å². The number of amides is 1. The van der Waals surface area contributed by atoms with E-state index in [1.165, 1.54) is 0 Å². The number of aromatic nitrogens is 1. The molecule has 0 aliphatic rings. The van der Waals surface area contributed by atoms with Crippen LogP contribution in [0, 0.1) is 6.92 Å². The maximum absolute atomic E-state index is 11.9. The number of fused-ring (bicyclic) bond motifs is 1. The van der Waals surface area contributed by atoms with Gasteiger partial charge in [-0.25, -0.2) is 0 Å². The highest BCUT2D eigenvalue weighted by Gasteiger charge is 2.16. The number of hydrogen-bond acceptors (Lipinski definition) is 4. The van der Waals surface area contributed by atoms with Crippen LogP contribution in [0.15, 0.2) is 52.7 Å². The molecule has 2 aromatic carbocycles. The summed E-state index contributed by atoms with van der Waals surface area (Å²) in [7, 11) is 0. The molecule has 134 valence electrons. The lowest BCUT2D eigenvalue weighted by atomic mass is 10.1. The molecular weight excluding hydrogens is 354 g/mol. The SMILES string of the molecule is CCn1c(O)c(N=NC(=O)COc2ccc(Cl)cc2)c2cc(C)ccc21. The zero-order chi connectivity index (χ0) is 18.7. The molecule has 0 aliphatic carbocycles. The fourth-order valence-corrected chi connectivity index (χ4v) is 2.79. The van der Waals surface area contributed by atoms with E-state index in [1.807, 2.05) is 32.0 Å². The first-order valence-electron chi connectivity index (χ1n) is 8.14. The summed E-state index contributed by atoms with van der Waals surface area (Å²) in [6.07, 6.45) is 0. The number of azo groups is 1. The quantitative estimate of drug-likeness (QED) is 0.640. The van der Waals surface area contributed by atoms with Gasteiger partial charge in [0.25, 0.3) is 0 Å². The Bertz CT molecular complexity index is 978. The average Bonchev–Trinajstić information content (AvgIpc) is 2.89. The molecule has 1 amide bonds. The summed E-state index contributed by atoms with van der Waals surface area (Å²) >= 11 is 5.80. The van der Waals surface area contributed by atoms with Crippen molar-refractivity contribution in [1.29, 1.82) is 0 Å². The highest BCUT2D eigenvalue weighted by molar-refractivity contribution is 6.30. The number of hydrogen-bond donors (Lipinski definition) is 1. The van der Waals surface area contributed by atoms with Gasteiger partial charge in [-0.05, 0) is 50.2 Å². The zero-order valence-electron chi connectivity index (χ0n) is 14.4. The fourth-order valence-electron chi connectivity index (χ4n) is 2.67. The molecule has 0 saturated heterocycles. The van der Waals surface area contributed by atoms with Crippen LogP contribution in [-0.4, -0.2) is 22.2 Å². The summed E-state index contributed by atoms with van der Waals surface area (Å²) in [5, 5.41) is 19.4. The number of carbonyl (C=O) groups is 1. The number of nitrogens with zero attached hydrogens (tertiary/aromatic N) is 3. The van der Waals surface area contributed by atoms with Crippen LogP contribution in [0.1, 0.15) is 12.5 Å². The van der Waals surface area contributed by atoms with Crippen molar-refractivity contribution >= 4 is 34.1 Å². The third kappa shape index (κ3) is 3.70. The van der Waals surface area contributed by atoms with Crippen LogP contribution >= 0.6 is 11.6 Å². The summed E-state index contributed by atoms with van der Waals surface area (Å²) in [5.74, 6) is -0.0494. The molecule has 0 unspecified atom stereocenters. The first-order chi connectivity index (χ1) is 12.5. The van der Waals surface area contributed by atoms with Crippen molar-refractivity contribution in [3.05, 3.63) is 53.1 Å². The molecule has 0 spiro atoms. The van der Waals surface area contributed by atoms with E-state index in [1.54, 1.807) is 28.8 Å². The lowest BCUT2D eigenvalue weighted by Crippen LogP contribution is -2.07. The Hall–Kier alpha value is -2.86. The smallest absolute Gasteiger partial charge is 0.302 e. The molecule has 0 atom stereocenters. The van der Waals surface area contributed by atoms with Crippen molar-refractivity contribution in [2.45, 2.75) is 20.4 Å². The van der Waals surface area contributed by atoms with Crippen molar-refractivity contribution in [3.63, 3.8) is 0 Å². The molecule has 1 N–H and O–H groups in total. The monoisotopic (exact) mass is 371 g/mol. The van der Waals surface area contributed by atoms with Crippen LogP contribution in [0.5, 0.6) is 11.6 Å². The van der Waals surface area contributed by atoms with Gasteiger partial charge in [0, 0.05) is 17.0 Å². The molecule has 0 aliphatic heterocycles. The molecule has 0 bridgehead atoms. The highest BCUT2D eigenvalue weighted by Crippen LogP contribution is 2.39. The lowest BCUT2D eigenvalue weighted by molar-refractivity contribution is -0.120. The lowest BCUT2D eigenvalue weighted by Gasteiger charge is -2.02. The Kier molecular flexibility index (Phi) is 5.23. The molecule has 3 rings (SSSR count). The third-order valence-electron chi connectivity index (χ3n) is 3.92. The second-order valence-electron chi connectivity index (χ2n) is 5.77.